The molecule has 0 saturated carbocycles. The Bertz CT molecular complexity index is 125. The third-order valence-electron chi connectivity index (χ3n) is 1.98. The van der Waals surface area contributed by atoms with Crippen LogP contribution < -0.4 is 0 Å². The lowest BCUT2D eigenvalue weighted by Crippen LogP contribution is -2.24. The predicted octanol–water partition coefficient (Wildman–Crippen LogP) is 1.99. The second-order valence-electron chi connectivity index (χ2n) is 3.28. The van der Waals surface area contributed by atoms with Crippen molar-refractivity contribution >= 4 is 0 Å². The Labute approximate surface area is 56.7 Å². The minimum Gasteiger partial charge on any atom is -0.377 e. The third kappa shape index (κ3) is 1.16. The van der Waals surface area contributed by atoms with Gasteiger partial charge in [0.15, 0.2) is 0 Å². The van der Waals surface area contributed by atoms with E-state index >= 15 is 0 Å². The Morgan fingerprint density at radius 3 is 2.44 bits per heavy atom. The van der Waals surface area contributed by atoms with Gasteiger partial charge in [-0.2, -0.15) is 0 Å². The predicted molar refractivity (Wildman–Crippen MR) is 38.3 cm³/mol. The summed E-state index contributed by atoms with van der Waals surface area (Å²) in [5.74, 6) is 0. The van der Waals surface area contributed by atoms with Crippen LogP contribution in [0.1, 0.15) is 20.3 Å². The Kier molecular flexibility index (Phi) is 1.62. The molecule has 1 unspecified atom stereocenters. The molecule has 52 valence electrons. The van der Waals surface area contributed by atoms with E-state index < -0.39 is 0 Å². The van der Waals surface area contributed by atoms with Crippen LogP contribution in [0.5, 0.6) is 0 Å². The lowest BCUT2D eigenvalue weighted by Gasteiger charge is -2.24. The molecule has 1 aliphatic carbocycles. The maximum absolute atomic E-state index is 5.24. The van der Waals surface area contributed by atoms with E-state index in [1.54, 1.807) is 7.11 Å². The molecular formula is C8H14O. The lowest BCUT2D eigenvalue weighted by atomic mass is 9.88. The molecule has 1 atom stereocenters. The first kappa shape index (κ1) is 6.81. The number of hydrogen-bond donors (Lipinski definition) is 0. The molecule has 1 heteroatoms. The van der Waals surface area contributed by atoms with Gasteiger partial charge in [-0.1, -0.05) is 26.0 Å². The Morgan fingerprint density at radius 1 is 1.56 bits per heavy atom. The normalized spacial score (nSPS) is 31.2. The smallest absolute Gasteiger partial charge is 0.0805 e. The fourth-order valence-corrected chi connectivity index (χ4v) is 1.27. The zero-order valence-electron chi connectivity index (χ0n) is 6.35. The van der Waals surface area contributed by atoms with Crippen LogP contribution in [0.15, 0.2) is 12.2 Å². The molecule has 0 aliphatic heterocycles. The lowest BCUT2D eigenvalue weighted by molar-refractivity contribution is 0.0547. The molecule has 0 aromatic carbocycles. The van der Waals surface area contributed by atoms with E-state index in [2.05, 4.69) is 26.0 Å². The van der Waals surface area contributed by atoms with Crippen molar-refractivity contribution in [2.75, 3.05) is 7.11 Å². The van der Waals surface area contributed by atoms with Crippen molar-refractivity contribution in [3.05, 3.63) is 12.2 Å². The SMILES string of the molecule is COC1C=CCC1(C)C. The molecule has 0 aromatic heterocycles. The Balaban J connectivity index is 2.60. The van der Waals surface area contributed by atoms with Crippen molar-refractivity contribution in [3.63, 3.8) is 0 Å². The summed E-state index contributed by atoms with van der Waals surface area (Å²) in [6, 6.07) is 0. The summed E-state index contributed by atoms with van der Waals surface area (Å²) in [6.07, 6.45) is 5.80. The molecule has 1 rings (SSSR count). The van der Waals surface area contributed by atoms with Crippen molar-refractivity contribution in [3.8, 4) is 0 Å². The minimum absolute atomic E-state index is 0.328. The largest absolute Gasteiger partial charge is 0.377 e. The molecule has 0 saturated heterocycles. The molecule has 1 aliphatic rings. The molecule has 0 aromatic rings. The highest BCUT2D eigenvalue weighted by molar-refractivity contribution is 5.07. The molecule has 0 amide bonds. The number of methoxy groups -OCH3 is 1. The summed E-state index contributed by atoms with van der Waals surface area (Å²) in [6.45, 7) is 4.45. The van der Waals surface area contributed by atoms with E-state index in [1.807, 2.05) is 0 Å². The molecule has 0 bridgehead atoms. The summed E-state index contributed by atoms with van der Waals surface area (Å²) in [4.78, 5) is 0. The first-order valence-corrected chi connectivity index (χ1v) is 3.36. The number of ether oxygens (including phenoxy) is 1. The Hall–Kier alpha value is -0.300. The highest BCUT2D eigenvalue weighted by Crippen LogP contribution is 2.33. The maximum Gasteiger partial charge on any atom is 0.0805 e. The van der Waals surface area contributed by atoms with Gasteiger partial charge in [-0.05, 0) is 11.8 Å². The van der Waals surface area contributed by atoms with Crippen molar-refractivity contribution in [1.29, 1.82) is 0 Å². The quantitative estimate of drug-likeness (QED) is 0.488. The van der Waals surface area contributed by atoms with E-state index in [-0.39, 0.29) is 0 Å². The second-order valence-corrected chi connectivity index (χ2v) is 3.28. The summed E-state index contributed by atoms with van der Waals surface area (Å²) in [5, 5.41) is 0. The molecule has 0 fully saturated rings. The molecule has 0 radical (unpaired) electrons. The Morgan fingerprint density at radius 2 is 2.22 bits per heavy atom. The highest BCUT2D eigenvalue weighted by Gasteiger charge is 2.29. The van der Waals surface area contributed by atoms with Gasteiger partial charge in [0.25, 0.3) is 0 Å². The van der Waals surface area contributed by atoms with Crippen molar-refractivity contribution < 1.29 is 4.74 Å². The van der Waals surface area contributed by atoms with Crippen LogP contribution in [0, 0.1) is 5.41 Å². The van der Waals surface area contributed by atoms with Crippen LogP contribution in [-0.4, -0.2) is 13.2 Å². The molecular weight excluding hydrogens is 112 g/mol. The number of allylic oxidation sites excluding steroid dienone is 1. The zero-order chi connectivity index (χ0) is 6.91. The fourth-order valence-electron chi connectivity index (χ4n) is 1.27. The average Bonchev–Trinajstić information content (AvgIpc) is 2.08. The fraction of sp³-hybridized carbons (Fsp3) is 0.750. The number of rotatable bonds is 1. The van der Waals surface area contributed by atoms with Crippen molar-refractivity contribution in [1.82, 2.24) is 0 Å². The van der Waals surface area contributed by atoms with Gasteiger partial charge in [0.05, 0.1) is 6.10 Å². The average molecular weight is 126 g/mol. The molecule has 0 heterocycles. The monoisotopic (exact) mass is 126 g/mol. The summed E-state index contributed by atoms with van der Waals surface area (Å²) < 4.78 is 5.24. The van der Waals surface area contributed by atoms with Crippen LogP contribution in [0.4, 0.5) is 0 Å². The summed E-state index contributed by atoms with van der Waals surface area (Å²) in [5.41, 5.74) is 0.328. The van der Waals surface area contributed by atoms with Crippen molar-refractivity contribution in [2.24, 2.45) is 5.41 Å². The van der Waals surface area contributed by atoms with E-state index in [0.29, 0.717) is 11.5 Å². The summed E-state index contributed by atoms with van der Waals surface area (Å²) >= 11 is 0. The third-order valence-corrected chi connectivity index (χ3v) is 1.98. The van der Waals surface area contributed by atoms with Gasteiger partial charge in [0, 0.05) is 7.11 Å². The van der Waals surface area contributed by atoms with Gasteiger partial charge >= 0.3 is 0 Å². The molecule has 0 N–H and O–H groups in total. The van der Waals surface area contributed by atoms with Crippen LogP contribution in [0.3, 0.4) is 0 Å². The highest BCUT2D eigenvalue weighted by atomic mass is 16.5. The molecule has 9 heavy (non-hydrogen) atoms. The van der Waals surface area contributed by atoms with Gasteiger partial charge in [-0.15, -0.1) is 0 Å². The van der Waals surface area contributed by atoms with Crippen LogP contribution >= 0.6 is 0 Å². The van der Waals surface area contributed by atoms with E-state index in [1.165, 1.54) is 0 Å². The zero-order valence-corrected chi connectivity index (χ0v) is 6.35. The van der Waals surface area contributed by atoms with Gasteiger partial charge in [0.1, 0.15) is 0 Å². The number of hydrogen-bond acceptors (Lipinski definition) is 1. The van der Waals surface area contributed by atoms with E-state index in [9.17, 15) is 0 Å². The van der Waals surface area contributed by atoms with Crippen LogP contribution in [0.2, 0.25) is 0 Å². The molecule has 1 nitrogen and oxygen atoms in total. The van der Waals surface area contributed by atoms with Gasteiger partial charge in [0.2, 0.25) is 0 Å². The maximum atomic E-state index is 5.24. The van der Waals surface area contributed by atoms with Crippen molar-refractivity contribution in [2.45, 2.75) is 26.4 Å². The van der Waals surface area contributed by atoms with E-state index in [4.69, 9.17) is 4.74 Å². The molecule has 0 spiro atoms. The van der Waals surface area contributed by atoms with E-state index in [0.717, 1.165) is 6.42 Å². The first-order valence-electron chi connectivity index (χ1n) is 3.36. The first-order chi connectivity index (χ1) is 4.17. The van der Waals surface area contributed by atoms with Crippen LogP contribution in [0.25, 0.3) is 0 Å². The minimum atomic E-state index is 0.328. The van der Waals surface area contributed by atoms with Gasteiger partial charge in [-0.3, -0.25) is 0 Å². The van der Waals surface area contributed by atoms with Crippen LogP contribution in [-0.2, 0) is 4.74 Å². The summed E-state index contributed by atoms with van der Waals surface area (Å²) in [7, 11) is 1.77. The second kappa shape index (κ2) is 2.14. The topological polar surface area (TPSA) is 9.23 Å². The van der Waals surface area contributed by atoms with Gasteiger partial charge in [-0.25, -0.2) is 0 Å². The standard InChI is InChI=1S/C8H14O/c1-8(2)6-4-5-7(8)9-3/h4-5,7H,6H2,1-3H3. The van der Waals surface area contributed by atoms with Gasteiger partial charge < -0.3 is 4.74 Å².